The van der Waals surface area contributed by atoms with Gasteiger partial charge in [-0.15, -0.1) is 0 Å². The molecule has 0 radical (unpaired) electrons. The van der Waals surface area contributed by atoms with E-state index >= 15 is 0 Å². The molecule has 2 heterocycles. The SMILES string of the molecule is Cn1ccc(-n2ncc3ccc(C4(C)CCC4)cc32)n1. The maximum absolute atomic E-state index is 4.49. The molecule has 4 nitrogen and oxygen atoms in total. The number of rotatable bonds is 2. The molecule has 0 bridgehead atoms. The predicted molar refractivity (Wildman–Crippen MR) is 79.0 cm³/mol. The molecular formula is C16H18N4. The van der Waals surface area contributed by atoms with Gasteiger partial charge < -0.3 is 0 Å². The molecule has 20 heavy (non-hydrogen) atoms. The fourth-order valence-electron chi connectivity index (χ4n) is 3.09. The van der Waals surface area contributed by atoms with Crippen LogP contribution in [0.3, 0.4) is 0 Å². The highest BCUT2D eigenvalue weighted by Crippen LogP contribution is 2.43. The van der Waals surface area contributed by atoms with Gasteiger partial charge in [-0.25, -0.2) is 4.68 Å². The van der Waals surface area contributed by atoms with Crippen molar-refractivity contribution in [3.8, 4) is 5.82 Å². The van der Waals surface area contributed by atoms with Crippen molar-refractivity contribution >= 4 is 10.9 Å². The Morgan fingerprint density at radius 1 is 1.20 bits per heavy atom. The minimum Gasteiger partial charge on any atom is -0.274 e. The van der Waals surface area contributed by atoms with Crippen molar-refractivity contribution in [2.75, 3.05) is 0 Å². The number of benzene rings is 1. The van der Waals surface area contributed by atoms with Gasteiger partial charge in [0.1, 0.15) is 0 Å². The lowest BCUT2D eigenvalue weighted by Crippen LogP contribution is -2.30. The second-order valence-electron chi connectivity index (χ2n) is 6.09. The molecule has 0 atom stereocenters. The molecule has 1 fully saturated rings. The van der Waals surface area contributed by atoms with E-state index in [4.69, 9.17) is 0 Å². The van der Waals surface area contributed by atoms with Gasteiger partial charge in [-0.05, 0) is 29.9 Å². The van der Waals surface area contributed by atoms with Crippen LogP contribution < -0.4 is 0 Å². The average molecular weight is 266 g/mol. The molecular weight excluding hydrogens is 248 g/mol. The largest absolute Gasteiger partial charge is 0.274 e. The van der Waals surface area contributed by atoms with E-state index in [2.05, 4.69) is 35.3 Å². The number of fused-ring (bicyclic) bond motifs is 1. The van der Waals surface area contributed by atoms with Gasteiger partial charge in [0.05, 0.1) is 11.7 Å². The van der Waals surface area contributed by atoms with E-state index in [9.17, 15) is 0 Å². The first-order valence-electron chi connectivity index (χ1n) is 7.14. The van der Waals surface area contributed by atoms with Crippen molar-refractivity contribution in [3.05, 3.63) is 42.2 Å². The summed E-state index contributed by atoms with van der Waals surface area (Å²) in [7, 11) is 1.93. The van der Waals surface area contributed by atoms with Crippen LogP contribution in [-0.4, -0.2) is 19.6 Å². The van der Waals surface area contributed by atoms with Crippen LogP contribution in [0.2, 0.25) is 0 Å². The van der Waals surface area contributed by atoms with E-state index in [1.165, 1.54) is 30.2 Å². The lowest BCUT2D eigenvalue weighted by molar-refractivity contribution is 0.272. The molecule has 1 aliphatic carbocycles. The summed E-state index contributed by atoms with van der Waals surface area (Å²) in [6.45, 7) is 2.36. The first-order chi connectivity index (χ1) is 9.66. The van der Waals surface area contributed by atoms with Crippen molar-refractivity contribution in [2.24, 2.45) is 7.05 Å². The third kappa shape index (κ3) is 1.60. The van der Waals surface area contributed by atoms with Crippen LogP contribution >= 0.6 is 0 Å². The first kappa shape index (κ1) is 11.7. The van der Waals surface area contributed by atoms with Crippen LogP contribution in [0, 0.1) is 0 Å². The lowest BCUT2D eigenvalue weighted by Gasteiger charge is -2.39. The standard InChI is InChI=1S/C16H18N4/c1-16(7-3-8-16)13-5-4-12-11-17-20(14(12)10-13)15-6-9-19(2)18-15/h4-6,9-11H,3,7-8H2,1-2H3. The third-order valence-corrected chi connectivity index (χ3v) is 4.64. The number of aromatic nitrogens is 4. The van der Waals surface area contributed by atoms with Crippen molar-refractivity contribution < 1.29 is 0 Å². The van der Waals surface area contributed by atoms with Gasteiger partial charge in [0, 0.05) is 24.7 Å². The zero-order chi connectivity index (χ0) is 13.7. The van der Waals surface area contributed by atoms with Crippen LogP contribution in [0.15, 0.2) is 36.7 Å². The molecule has 0 saturated heterocycles. The molecule has 1 saturated carbocycles. The Labute approximate surface area is 118 Å². The Balaban J connectivity index is 1.88. The highest BCUT2D eigenvalue weighted by atomic mass is 15.4. The van der Waals surface area contributed by atoms with Gasteiger partial charge in [0.15, 0.2) is 5.82 Å². The Morgan fingerprint density at radius 3 is 2.70 bits per heavy atom. The summed E-state index contributed by atoms with van der Waals surface area (Å²) in [6.07, 6.45) is 7.78. The molecule has 0 spiro atoms. The van der Waals surface area contributed by atoms with E-state index in [0.29, 0.717) is 5.41 Å². The topological polar surface area (TPSA) is 35.6 Å². The van der Waals surface area contributed by atoms with Crippen molar-refractivity contribution in [1.82, 2.24) is 19.6 Å². The summed E-state index contributed by atoms with van der Waals surface area (Å²) in [5, 5.41) is 10.1. The highest BCUT2D eigenvalue weighted by Gasteiger charge is 2.33. The summed E-state index contributed by atoms with van der Waals surface area (Å²) in [6, 6.07) is 8.72. The van der Waals surface area contributed by atoms with E-state index in [-0.39, 0.29) is 0 Å². The van der Waals surface area contributed by atoms with Gasteiger partial charge in [-0.2, -0.15) is 10.2 Å². The molecule has 2 aromatic heterocycles. The summed E-state index contributed by atoms with van der Waals surface area (Å²) in [5.74, 6) is 0.874. The molecule has 1 aromatic carbocycles. The van der Waals surface area contributed by atoms with Crippen LogP contribution in [0.1, 0.15) is 31.7 Å². The average Bonchev–Trinajstić information content (AvgIpc) is 3.01. The van der Waals surface area contributed by atoms with E-state index in [1.807, 2.05) is 30.2 Å². The summed E-state index contributed by atoms with van der Waals surface area (Å²) >= 11 is 0. The molecule has 0 amide bonds. The van der Waals surface area contributed by atoms with Gasteiger partial charge in [0.25, 0.3) is 0 Å². The minimum absolute atomic E-state index is 0.355. The molecule has 0 unspecified atom stereocenters. The van der Waals surface area contributed by atoms with E-state index in [1.54, 1.807) is 4.68 Å². The Bertz CT molecular complexity index is 777. The van der Waals surface area contributed by atoms with Gasteiger partial charge >= 0.3 is 0 Å². The van der Waals surface area contributed by atoms with Gasteiger partial charge in [-0.3, -0.25) is 4.68 Å². The van der Waals surface area contributed by atoms with Crippen LogP contribution in [0.5, 0.6) is 0 Å². The Morgan fingerprint density at radius 2 is 2.05 bits per heavy atom. The van der Waals surface area contributed by atoms with Crippen LogP contribution in [0.4, 0.5) is 0 Å². The zero-order valence-electron chi connectivity index (χ0n) is 11.9. The number of hydrogen-bond acceptors (Lipinski definition) is 2. The fraction of sp³-hybridized carbons (Fsp3) is 0.375. The quantitative estimate of drug-likeness (QED) is 0.714. The second-order valence-corrected chi connectivity index (χ2v) is 6.09. The number of aryl methyl sites for hydroxylation is 1. The van der Waals surface area contributed by atoms with Crippen LogP contribution in [-0.2, 0) is 12.5 Å². The van der Waals surface area contributed by atoms with Crippen molar-refractivity contribution in [1.29, 1.82) is 0 Å². The zero-order valence-corrected chi connectivity index (χ0v) is 11.9. The first-order valence-corrected chi connectivity index (χ1v) is 7.14. The number of hydrogen-bond donors (Lipinski definition) is 0. The van der Waals surface area contributed by atoms with Gasteiger partial charge in [0.2, 0.25) is 0 Å². The lowest BCUT2D eigenvalue weighted by atomic mass is 9.66. The van der Waals surface area contributed by atoms with Crippen molar-refractivity contribution in [2.45, 2.75) is 31.6 Å². The predicted octanol–water partition coefficient (Wildman–Crippen LogP) is 3.20. The Kier molecular flexibility index (Phi) is 2.31. The molecule has 102 valence electrons. The molecule has 4 rings (SSSR count). The third-order valence-electron chi connectivity index (χ3n) is 4.64. The summed E-state index contributed by atoms with van der Waals surface area (Å²) in [4.78, 5) is 0. The van der Waals surface area contributed by atoms with Crippen LogP contribution in [0.25, 0.3) is 16.7 Å². The Hall–Kier alpha value is -2.10. The molecule has 1 aliphatic rings. The van der Waals surface area contributed by atoms with Gasteiger partial charge in [-0.1, -0.05) is 25.5 Å². The number of nitrogens with zero attached hydrogens (tertiary/aromatic N) is 4. The van der Waals surface area contributed by atoms with Crippen molar-refractivity contribution in [3.63, 3.8) is 0 Å². The molecule has 3 aromatic rings. The van der Waals surface area contributed by atoms with E-state index < -0.39 is 0 Å². The molecule has 4 heteroatoms. The maximum Gasteiger partial charge on any atom is 0.175 e. The normalized spacial score (nSPS) is 17.3. The summed E-state index contributed by atoms with van der Waals surface area (Å²) < 4.78 is 3.74. The molecule has 0 aliphatic heterocycles. The minimum atomic E-state index is 0.355. The highest BCUT2D eigenvalue weighted by molar-refractivity contribution is 5.81. The second kappa shape index (κ2) is 3.95. The van der Waals surface area contributed by atoms with E-state index in [0.717, 1.165) is 11.3 Å². The maximum atomic E-state index is 4.49. The fourth-order valence-corrected chi connectivity index (χ4v) is 3.09. The smallest absolute Gasteiger partial charge is 0.175 e. The molecule has 0 N–H and O–H groups in total. The summed E-state index contributed by atoms with van der Waals surface area (Å²) in [5.41, 5.74) is 2.93. The monoisotopic (exact) mass is 266 g/mol.